The Morgan fingerprint density at radius 3 is 2.55 bits per heavy atom. The summed E-state index contributed by atoms with van der Waals surface area (Å²) in [5.41, 5.74) is 3.56. The molecule has 1 N–H and O–H groups in total. The highest BCUT2D eigenvalue weighted by Crippen LogP contribution is 2.40. The number of hydrogen-bond donors (Lipinski definition) is 1. The SMILES string of the molecule is Cc1cc(CC(c2ccc(F)cc2Cl)c2ccc3cccnc3c2O)ncc1Cl. The van der Waals surface area contributed by atoms with E-state index in [0.29, 0.717) is 33.1 Å². The number of phenols is 1. The lowest BCUT2D eigenvalue weighted by Gasteiger charge is -2.21. The number of phenolic OH excluding ortho intramolecular Hbond substituents is 1. The summed E-state index contributed by atoms with van der Waals surface area (Å²) in [5, 5.41) is 12.7. The van der Waals surface area contributed by atoms with Gasteiger partial charge < -0.3 is 5.11 Å². The van der Waals surface area contributed by atoms with Gasteiger partial charge in [0.2, 0.25) is 0 Å². The third-order valence-corrected chi connectivity index (χ3v) is 5.73. The summed E-state index contributed by atoms with van der Waals surface area (Å²) < 4.78 is 13.7. The van der Waals surface area contributed by atoms with E-state index in [-0.39, 0.29) is 11.7 Å². The lowest BCUT2D eigenvalue weighted by atomic mass is 9.86. The molecule has 3 nitrogen and oxygen atoms in total. The van der Waals surface area contributed by atoms with Crippen molar-refractivity contribution in [1.29, 1.82) is 0 Å². The molecular formula is C23H17Cl2FN2O. The molecule has 4 aromatic rings. The zero-order valence-electron chi connectivity index (χ0n) is 15.5. The minimum Gasteiger partial charge on any atom is -0.505 e. The van der Waals surface area contributed by atoms with Gasteiger partial charge in [-0.25, -0.2) is 4.39 Å². The number of aromatic hydroxyl groups is 1. The second kappa shape index (κ2) is 7.97. The van der Waals surface area contributed by atoms with Crippen LogP contribution in [-0.2, 0) is 6.42 Å². The minimum atomic E-state index is -0.414. The molecule has 0 fully saturated rings. The molecule has 0 aliphatic heterocycles. The summed E-state index contributed by atoms with van der Waals surface area (Å²) in [5.74, 6) is -0.677. The Labute approximate surface area is 177 Å². The number of nitrogens with zero attached hydrogens (tertiary/aromatic N) is 2. The fraction of sp³-hybridized carbons (Fsp3) is 0.130. The van der Waals surface area contributed by atoms with Gasteiger partial charge in [0.05, 0.1) is 5.02 Å². The predicted molar refractivity (Wildman–Crippen MR) is 114 cm³/mol. The minimum absolute atomic E-state index is 0.0826. The van der Waals surface area contributed by atoms with Crippen molar-refractivity contribution in [3.8, 4) is 5.75 Å². The third kappa shape index (κ3) is 3.91. The maximum Gasteiger partial charge on any atom is 0.145 e. The van der Waals surface area contributed by atoms with Crippen LogP contribution < -0.4 is 0 Å². The fourth-order valence-electron chi connectivity index (χ4n) is 3.52. The average Bonchev–Trinajstić information content (AvgIpc) is 2.70. The van der Waals surface area contributed by atoms with Crippen LogP contribution in [0.2, 0.25) is 10.0 Å². The number of rotatable bonds is 4. The highest BCUT2D eigenvalue weighted by atomic mass is 35.5. The zero-order chi connectivity index (χ0) is 20.5. The maximum absolute atomic E-state index is 13.7. The predicted octanol–water partition coefficient (Wildman–Crippen LogP) is 6.46. The van der Waals surface area contributed by atoms with E-state index in [4.69, 9.17) is 23.2 Å². The molecule has 2 aromatic carbocycles. The standard InChI is InChI=1S/C23H17Cl2FN2O/c1-13-9-16(28-12-21(13)25)11-19(17-7-5-15(26)10-20(17)24)18-6-4-14-3-2-8-27-22(14)23(18)29/h2-10,12,19,29H,11H2,1H3. The Morgan fingerprint density at radius 1 is 1.00 bits per heavy atom. The molecule has 0 spiro atoms. The Morgan fingerprint density at radius 2 is 1.79 bits per heavy atom. The molecule has 29 heavy (non-hydrogen) atoms. The highest BCUT2D eigenvalue weighted by molar-refractivity contribution is 6.31. The van der Waals surface area contributed by atoms with E-state index >= 15 is 0 Å². The quantitative estimate of drug-likeness (QED) is 0.406. The van der Waals surface area contributed by atoms with Gasteiger partial charge in [-0.1, -0.05) is 47.5 Å². The molecule has 0 aliphatic carbocycles. The van der Waals surface area contributed by atoms with Crippen molar-refractivity contribution >= 4 is 34.1 Å². The maximum atomic E-state index is 13.7. The topological polar surface area (TPSA) is 46.0 Å². The van der Waals surface area contributed by atoms with Crippen molar-refractivity contribution in [2.75, 3.05) is 0 Å². The number of pyridine rings is 2. The molecule has 1 unspecified atom stereocenters. The molecule has 0 saturated carbocycles. The lowest BCUT2D eigenvalue weighted by Crippen LogP contribution is -2.08. The van der Waals surface area contributed by atoms with Gasteiger partial charge in [-0.15, -0.1) is 0 Å². The van der Waals surface area contributed by atoms with Crippen molar-refractivity contribution in [2.45, 2.75) is 19.3 Å². The van der Waals surface area contributed by atoms with E-state index in [1.54, 1.807) is 18.5 Å². The molecular weight excluding hydrogens is 410 g/mol. The van der Waals surface area contributed by atoms with Crippen LogP contribution in [0.15, 0.2) is 60.9 Å². The van der Waals surface area contributed by atoms with Crippen molar-refractivity contribution in [2.24, 2.45) is 0 Å². The molecule has 2 aromatic heterocycles. The summed E-state index contributed by atoms with van der Waals surface area (Å²) in [6, 6.07) is 13.7. The number of hydrogen-bond acceptors (Lipinski definition) is 3. The molecule has 2 heterocycles. The van der Waals surface area contributed by atoms with E-state index in [9.17, 15) is 9.50 Å². The molecule has 6 heteroatoms. The number of aryl methyl sites for hydroxylation is 1. The first-order chi connectivity index (χ1) is 13.9. The summed E-state index contributed by atoms with van der Waals surface area (Å²) in [6.45, 7) is 1.91. The molecule has 0 saturated heterocycles. The van der Waals surface area contributed by atoms with E-state index < -0.39 is 5.82 Å². The second-order valence-corrected chi connectivity index (χ2v) is 7.74. The Kier molecular flexibility index (Phi) is 5.39. The first-order valence-electron chi connectivity index (χ1n) is 9.06. The zero-order valence-corrected chi connectivity index (χ0v) is 17.0. The van der Waals surface area contributed by atoms with Crippen molar-refractivity contribution in [3.05, 3.63) is 99.2 Å². The summed E-state index contributed by atoms with van der Waals surface area (Å²) in [7, 11) is 0. The van der Waals surface area contributed by atoms with E-state index in [2.05, 4.69) is 9.97 Å². The van der Waals surface area contributed by atoms with E-state index in [0.717, 1.165) is 16.6 Å². The van der Waals surface area contributed by atoms with Gasteiger partial charge in [0, 0.05) is 46.4 Å². The van der Waals surface area contributed by atoms with Crippen LogP contribution in [0.4, 0.5) is 4.39 Å². The van der Waals surface area contributed by atoms with Crippen LogP contribution in [0.1, 0.15) is 28.3 Å². The van der Waals surface area contributed by atoms with Gasteiger partial charge in [-0.2, -0.15) is 0 Å². The third-order valence-electron chi connectivity index (χ3n) is 5.01. The van der Waals surface area contributed by atoms with Crippen molar-refractivity contribution < 1.29 is 9.50 Å². The van der Waals surface area contributed by atoms with Crippen LogP contribution in [0.3, 0.4) is 0 Å². The van der Waals surface area contributed by atoms with Crippen LogP contribution in [0, 0.1) is 12.7 Å². The van der Waals surface area contributed by atoms with Crippen LogP contribution in [0.25, 0.3) is 10.9 Å². The van der Waals surface area contributed by atoms with Crippen LogP contribution >= 0.6 is 23.2 Å². The Bertz CT molecular complexity index is 1210. The Balaban J connectivity index is 1.88. The van der Waals surface area contributed by atoms with Gasteiger partial charge in [0.15, 0.2) is 0 Å². The van der Waals surface area contributed by atoms with Gasteiger partial charge in [0.25, 0.3) is 0 Å². The smallest absolute Gasteiger partial charge is 0.145 e. The van der Waals surface area contributed by atoms with Crippen molar-refractivity contribution in [3.63, 3.8) is 0 Å². The summed E-state index contributed by atoms with van der Waals surface area (Å²) in [4.78, 5) is 8.73. The molecule has 0 bridgehead atoms. The number of aromatic nitrogens is 2. The first-order valence-corrected chi connectivity index (χ1v) is 9.82. The summed E-state index contributed by atoms with van der Waals surface area (Å²) >= 11 is 12.5. The summed E-state index contributed by atoms with van der Waals surface area (Å²) in [6.07, 6.45) is 3.70. The van der Waals surface area contributed by atoms with Crippen LogP contribution in [-0.4, -0.2) is 15.1 Å². The molecule has 4 rings (SSSR count). The Hall–Kier alpha value is -2.69. The molecule has 0 amide bonds. The molecule has 1 atom stereocenters. The average molecular weight is 427 g/mol. The molecule has 0 aliphatic rings. The monoisotopic (exact) mass is 426 g/mol. The first kappa shape index (κ1) is 19.6. The molecule has 0 radical (unpaired) electrons. The fourth-order valence-corrected chi connectivity index (χ4v) is 3.92. The number of benzene rings is 2. The van der Waals surface area contributed by atoms with Crippen LogP contribution in [0.5, 0.6) is 5.75 Å². The van der Waals surface area contributed by atoms with Gasteiger partial charge in [-0.05, 0) is 42.3 Å². The van der Waals surface area contributed by atoms with Gasteiger partial charge >= 0.3 is 0 Å². The largest absolute Gasteiger partial charge is 0.505 e. The van der Waals surface area contributed by atoms with E-state index in [1.165, 1.54) is 12.1 Å². The number of fused-ring (bicyclic) bond motifs is 1. The second-order valence-electron chi connectivity index (χ2n) is 6.93. The van der Waals surface area contributed by atoms with E-state index in [1.807, 2.05) is 37.3 Å². The number of halogens is 3. The van der Waals surface area contributed by atoms with Gasteiger partial charge in [0.1, 0.15) is 17.1 Å². The van der Waals surface area contributed by atoms with Gasteiger partial charge in [-0.3, -0.25) is 9.97 Å². The lowest BCUT2D eigenvalue weighted by molar-refractivity contribution is 0.469. The highest BCUT2D eigenvalue weighted by Gasteiger charge is 2.23. The molecule has 146 valence electrons. The normalized spacial score (nSPS) is 12.3. The van der Waals surface area contributed by atoms with Crippen molar-refractivity contribution in [1.82, 2.24) is 9.97 Å².